The highest BCUT2D eigenvalue weighted by Gasteiger charge is 2.40. The van der Waals surface area contributed by atoms with Crippen LogP contribution in [-0.2, 0) is 4.74 Å². The number of rotatable bonds is 0. The Hall–Kier alpha value is -1.13. The monoisotopic (exact) mass is 251 g/mol. The number of hydrogen-bond donors (Lipinski definition) is 1. The Morgan fingerprint density at radius 2 is 2.17 bits per heavy atom. The number of halogens is 1. The van der Waals surface area contributed by atoms with E-state index in [4.69, 9.17) is 15.2 Å². The molecule has 1 fully saturated rings. The molecule has 0 bridgehead atoms. The normalized spacial score (nSPS) is 31.6. The van der Waals surface area contributed by atoms with Crippen LogP contribution in [0.2, 0.25) is 0 Å². The van der Waals surface area contributed by atoms with Gasteiger partial charge in [-0.1, -0.05) is 6.07 Å². The van der Waals surface area contributed by atoms with Gasteiger partial charge >= 0.3 is 0 Å². The Morgan fingerprint density at radius 3 is 3.06 bits per heavy atom. The second-order valence-electron chi connectivity index (χ2n) is 5.24. The van der Waals surface area contributed by atoms with Gasteiger partial charge < -0.3 is 15.2 Å². The molecule has 4 heteroatoms. The fourth-order valence-electron chi connectivity index (χ4n) is 2.98. The van der Waals surface area contributed by atoms with Crippen LogP contribution in [0.4, 0.5) is 4.39 Å². The smallest absolute Gasteiger partial charge is 0.127 e. The third-order valence-corrected chi connectivity index (χ3v) is 3.92. The van der Waals surface area contributed by atoms with Crippen molar-refractivity contribution < 1.29 is 13.9 Å². The first kappa shape index (κ1) is 11.9. The number of fused-ring (bicyclic) bond motifs is 1. The van der Waals surface area contributed by atoms with Crippen molar-refractivity contribution in [1.82, 2.24) is 0 Å². The van der Waals surface area contributed by atoms with E-state index < -0.39 is 0 Å². The Labute approximate surface area is 106 Å². The van der Waals surface area contributed by atoms with E-state index in [9.17, 15) is 4.39 Å². The van der Waals surface area contributed by atoms with Gasteiger partial charge in [0.25, 0.3) is 0 Å². The predicted octanol–water partition coefficient (Wildman–Crippen LogP) is 2.55. The van der Waals surface area contributed by atoms with Crippen LogP contribution in [0.25, 0.3) is 0 Å². The second kappa shape index (κ2) is 4.52. The van der Waals surface area contributed by atoms with Gasteiger partial charge in [-0.15, -0.1) is 0 Å². The topological polar surface area (TPSA) is 44.5 Å². The quantitative estimate of drug-likeness (QED) is 0.770. The molecule has 2 heterocycles. The molecule has 1 saturated heterocycles. The first-order valence-electron chi connectivity index (χ1n) is 6.50. The summed E-state index contributed by atoms with van der Waals surface area (Å²) in [5, 5.41) is 0. The maximum Gasteiger partial charge on any atom is 0.127 e. The summed E-state index contributed by atoms with van der Waals surface area (Å²) < 4.78 is 24.9. The van der Waals surface area contributed by atoms with E-state index in [0.29, 0.717) is 12.4 Å². The van der Waals surface area contributed by atoms with E-state index in [1.807, 2.05) is 0 Å². The minimum Gasteiger partial charge on any atom is -0.487 e. The van der Waals surface area contributed by atoms with Gasteiger partial charge in [-0.25, -0.2) is 4.39 Å². The molecular weight excluding hydrogens is 233 g/mol. The van der Waals surface area contributed by atoms with E-state index in [1.54, 1.807) is 6.07 Å². The molecule has 2 N–H and O–H groups in total. The lowest BCUT2D eigenvalue weighted by molar-refractivity contribution is 0.0152. The molecule has 0 saturated carbocycles. The Kier molecular flexibility index (Phi) is 2.99. The summed E-state index contributed by atoms with van der Waals surface area (Å²) in [5.41, 5.74) is 6.85. The van der Waals surface area contributed by atoms with E-state index in [0.717, 1.165) is 37.9 Å². The Morgan fingerprint density at radius 1 is 1.28 bits per heavy atom. The molecule has 2 atom stereocenters. The zero-order valence-corrected chi connectivity index (χ0v) is 10.3. The van der Waals surface area contributed by atoms with Crippen LogP contribution < -0.4 is 10.5 Å². The lowest BCUT2D eigenvalue weighted by atomic mass is 9.83. The summed E-state index contributed by atoms with van der Waals surface area (Å²) in [6.07, 6.45) is 3.51. The van der Waals surface area contributed by atoms with Crippen LogP contribution in [0.1, 0.15) is 37.3 Å². The fraction of sp³-hybridized carbons (Fsp3) is 0.571. The van der Waals surface area contributed by atoms with Crippen LogP contribution in [0.15, 0.2) is 18.2 Å². The second-order valence-corrected chi connectivity index (χ2v) is 5.24. The van der Waals surface area contributed by atoms with Crippen molar-refractivity contribution in [1.29, 1.82) is 0 Å². The highest BCUT2D eigenvalue weighted by molar-refractivity contribution is 5.39. The summed E-state index contributed by atoms with van der Waals surface area (Å²) in [7, 11) is 0. The highest BCUT2D eigenvalue weighted by atomic mass is 19.1. The third kappa shape index (κ3) is 2.10. The van der Waals surface area contributed by atoms with Gasteiger partial charge in [0, 0.05) is 37.1 Å². The molecule has 0 amide bonds. The average molecular weight is 251 g/mol. The number of benzene rings is 1. The van der Waals surface area contributed by atoms with E-state index in [-0.39, 0.29) is 17.5 Å². The molecule has 3 rings (SSSR count). The fourth-order valence-corrected chi connectivity index (χ4v) is 2.98. The van der Waals surface area contributed by atoms with E-state index in [1.165, 1.54) is 12.1 Å². The molecule has 1 aromatic rings. The van der Waals surface area contributed by atoms with Crippen LogP contribution in [0.5, 0.6) is 5.75 Å². The highest BCUT2D eigenvalue weighted by Crippen LogP contribution is 2.43. The largest absolute Gasteiger partial charge is 0.487 e. The molecule has 0 aliphatic carbocycles. The number of nitrogens with two attached hydrogens (primary N) is 1. The minimum atomic E-state index is -0.275. The van der Waals surface area contributed by atoms with Crippen molar-refractivity contribution in [2.45, 2.75) is 37.3 Å². The lowest BCUT2D eigenvalue weighted by Crippen LogP contribution is -2.43. The molecular formula is C14H18FNO2. The van der Waals surface area contributed by atoms with Gasteiger partial charge in [0.15, 0.2) is 0 Å². The molecule has 0 aromatic heterocycles. The summed E-state index contributed by atoms with van der Waals surface area (Å²) in [4.78, 5) is 0. The summed E-state index contributed by atoms with van der Waals surface area (Å²) >= 11 is 0. The van der Waals surface area contributed by atoms with Crippen molar-refractivity contribution in [3.05, 3.63) is 29.6 Å². The van der Waals surface area contributed by atoms with Gasteiger partial charge in [0.1, 0.15) is 17.2 Å². The Bertz CT molecular complexity index is 441. The van der Waals surface area contributed by atoms with Crippen molar-refractivity contribution in [2.75, 3.05) is 13.2 Å². The van der Waals surface area contributed by atoms with Crippen LogP contribution in [0.3, 0.4) is 0 Å². The molecule has 2 aliphatic heterocycles. The van der Waals surface area contributed by atoms with E-state index in [2.05, 4.69) is 0 Å². The number of ether oxygens (including phenoxy) is 2. The van der Waals surface area contributed by atoms with Crippen LogP contribution >= 0.6 is 0 Å². The average Bonchev–Trinajstić information content (AvgIpc) is 2.54. The van der Waals surface area contributed by atoms with Crippen molar-refractivity contribution in [3.8, 4) is 5.75 Å². The van der Waals surface area contributed by atoms with Gasteiger partial charge in [0.05, 0.1) is 6.61 Å². The van der Waals surface area contributed by atoms with Crippen molar-refractivity contribution >= 4 is 0 Å². The Balaban J connectivity index is 1.93. The zero-order valence-electron chi connectivity index (χ0n) is 10.3. The lowest BCUT2D eigenvalue weighted by Gasteiger charge is -2.40. The minimum absolute atomic E-state index is 0.0764. The predicted molar refractivity (Wildman–Crippen MR) is 66.0 cm³/mol. The van der Waals surface area contributed by atoms with Crippen molar-refractivity contribution in [2.24, 2.45) is 5.73 Å². The molecule has 1 unspecified atom stereocenters. The molecule has 2 aliphatic rings. The summed E-state index contributed by atoms with van der Waals surface area (Å²) in [5.74, 6) is 0.332. The van der Waals surface area contributed by atoms with Gasteiger partial charge in [-0.05, 0) is 18.9 Å². The SMILES string of the molecule is N[C@@H]1CC2(CCCOCC2)Oc2cc(F)ccc21. The molecule has 1 spiro atoms. The first-order chi connectivity index (χ1) is 8.69. The standard InChI is InChI=1S/C14H18FNO2/c15-10-2-3-11-12(16)9-14(18-13(11)8-10)4-1-6-17-7-5-14/h2-3,8,12H,1,4-7,9,16H2/t12-,14?/m1/s1. The molecule has 0 radical (unpaired) electrons. The number of hydrogen-bond acceptors (Lipinski definition) is 3. The van der Waals surface area contributed by atoms with E-state index >= 15 is 0 Å². The van der Waals surface area contributed by atoms with Gasteiger partial charge in [-0.2, -0.15) is 0 Å². The molecule has 98 valence electrons. The third-order valence-electron chi connectivity index (χ3n) is 3.92. The van der Waals surface area contributed by atoms with Crippen molar-refractivity contribution in [3.63, 3.8) is 0 Å². The summed E-state index contributed by atoms with van der Waals surface area (Å²) in [6.45, 7) is 1.47. The van der Waals surface area contributed by atoms with Gasteiger partial charge in [-0.3, -0.25) is 0 Å². The molecule has 1 aromatic carbocycles. The maximum atomic E-state index is 13.3. The first-order valence-corrected chi connectivity index (χ1v) is 6.50. The van der Waals surface area contributed by atoms with Gasteiger partial charge in [0.2, 0.25) is 0 Å². The van der Waals surface area contributed by atoms with Crippen LogP contribution in [-0.4, -0.2) is 18.8 Å². The maximum absolute atomic E-state index is 13.3. The molecule has 18 heavy (non-hydrogen) atoms. The zero-order chi connectivity index (χ0) is 12.6. The molecule has 3 nitrogen and oxygen atoms in total. The summed E-state index contributed by atoms with van der Waals surface area (Å²) in [6, 6.07) is 4.54. The van der Waals surface area contributed by atoms with Crippen LogP contribution in [0, 0.1) is 5.82 Å².